The molecular formula is C16H19BrN4O. The molecule has 6 heteroatoms. The van der Waals surface area contributed by atoms with Gasteiger partial charge in [0.15, 0.2) is 0 Å². The second-order valence-electron chi connectivity index (χ2n) is 4.85. The van der Waals surface area contributed by atoms with Crippen LogP contribution >= 0.6 is 15.9 Å². The summed E-state index contributed by atoms with van der Waals surface area (Å²) in [5, 5.41) is 2.86. The molecule has 1 N–H and O–H groups in total. The summed E-state index contributed by atoms with van der Waals surface area (Å²) < 4.78 is 1.01. The summed E-state index contributed by atoms with van der Waals surface area (Å²) in [6.07, 6.45) is 1.43. The molecule has 0 saturated heterocycles. The van der Waals surface area contributed by atoms with E-state index < -0.39 is 0 Å². The first-order valence-corrected chi connectivity index (χ1v) is 7.99. The number of hydrogen-bond acceptors (Lipinski definition) is 4. The van der Waals surface area contributed by atoms with Gasteiger partial charge in [0.1, 0.15) is 17.8 Å². The van der Waals surface area contributed by atoms with Gasteiger partial charge in [-0.2, -0.15) is 0 Å². The third-order valence-corrected chi connectivity index (χ3v) is 4.28. The van der Waals surface area contributed by atoms with Crippen molar-refractivity contribution in [3.8, 4) is 0 Å². The maximum atomic E-state index is 12.3. The van der Waals surface area contributed by atoms with Gasteiger partial charge in [-0.25, -0.2) is 9.97 Å². The van der Waals surface area contributed by atoms with Crippen molar-refractivity contribution in [3.05, 3.63) is 46.3 Å². The standard InChI is InChI=1S/C16H19BrN4O/c1-4-21(5-2)15-9-14(18-10-19-15)16(22)20-12-6-7-13(17)11(3)8-12/h6-10H,4-5H2,1-3H3,(H,20,22). The highest BCUT2D eigenvalue weighted by Crippen LogP contribution is 2.20. The number of amides is 1. The summed E-state index contributed by atoms with van der Waals surface area (Å²) in [5.74, 6) is 0.523. The zero-order chi connectivity index (χ0) is 16.1. The third-order valence-electron chi connectivity index (χ3n) is 3.39. The molecule has 5 nitrogen and oxygen atoms in total. The minimum atomic E-state index is -0.238. The van der Waals surface area contributed by atoms with E-state index in [0.717, 1.165) is 34.6 Å². The Hall–Kier alpha value is -1.95. The number of carbonyl (C=O) groups is 1. The van der Waals surface area contributed by atoms with Gasteiger partial charge in [-0.15, -0.1) is 0 Å². The highest BCUT2D eigenvalue weighted by molar-refractivity contribution is 9.10. The van der Waals surface area contributed by atoms with E-state index in [2.05, 4.69) is 50.0 Å². The first-order valence-electron chi connectivity index (χ1n) is 7.19. The number of hydrogen-bond donors (Lipinski definition) is 1. The molecule has 0 fully saturated rings. The second kappa shape index (κ2) is 7.35. The molecule has 1 aromatic carbocycles. The number of nitrogens with zero attached hydrogens (tertiary/aromatic N) is 3. The van der Waals surface area contributed by atoms with Crippen molar-refractivity contribution in [2.45, 2.75) is 20.8 Å². The van der Waals surface area contributed by atoms with Crippen molar-refractivity contribution < 1.29 is 4.79 Å². The van der Waals surface area contributed by atoms with Gasteiger partial charge in [0.05, 0.1) is 0 Å². The van der Waals surface area contributed by atoms with E-state index >= 15 is 0 Å². The van der Waals surface area contributed by atoms with Crippen LogP contribution in [-0.2, 0) is 0 Å². The second-order valence-corrected chi connectivity index (χ2v) is 5.71. The molecule has 2 rings (SSSR count). The Kier molecular flexibility index (Phi) is 5.49. The van der Waals surface area contributed by atoms with Crippen LogP contribution in [0.3, 0.4) is 0 Å². The van der Waals surface area contributed by atoms with Gasteiger partial charge in [-0.3, -0.25) is 4.79 Å². The maximum Gasteiger partial charge on any atom is 0.274 e. The number of anilines is 2. The summed E-state index contributed by atoms with van der Waals surface area (Å²) >= 11 is 3.44. The normalized spacial score (nSPS) is 10.4. The van der Waals surface area contributed by atoms with E-state index in [1.54, 1.807) is 6.07 Å². The lowest BCUT2D eigenvalue weighted by Crippen LogP contribution is -2.24. The van der Waals surface area contributed by atoms with E-state index in [1.807, 2.05) is 25.1 Å². The number of rotatable bonds is 5. The van der Waals surface area contributed by atoms with E-state index in [0.29, 0.717) is 5.69 Å². The maximum absolute atomic E-state index is 12.3. The molecule has 0 spiro atoms. The summed E-state index contributed by atoms with van der Waals surface area (Å²) in [4.78, 5) is 22.7. The fourth-order valence-corrected chi connectivity index (χ4v) is 2.36. The van der Waals surface area contributed by atoms with Crippen LogP contribution in [0.1, 0.15) is 29.9 Å². The molecule has 1 aromatic heterocycles. The Balaban J connectivity index is 2.18. The number of halogens is 1. The molecule has 0 aliphatic carbocycles. The first kappa shape index (κ1) is 16.4. The Labute approximate surface area is 138 Å². The number of aromatic nitrogens is 2. The molecule has 116 valence electrons. The van der Waals surface area contributed by atoms with Crippen molar-refractivity contribution in [2.75, 3.05) is 23.3 Å². The van der Waals surface area contributed by atoms with Gasteiger partial charge in [0, 0.05) is 29.3 Å². The van der Waals surface area contributed by atoms with Gasteiger partial charge in [-0.1, -0.05) is 15.9 Å². The van der Waals surface area contributed by atoms with Crippen molar-refractivity contribution in [1.29, 1.82) is 0 Å². The van der Waals surface area contributed by atoms with Crippen LogP contribution < -0.4 is 10.2 Å². The Morgan fingerprint density at radius 2 is 1.95 bits per heavy atom. The zero-order valence-electron chi connectivity index (χ0n) is 12.9. The predicted molar refractivity (Wildman–Crippen MR) is 92.4 cm³/mol. The monoisotopic (exact) mass is 362 g/mol. The molecule has 1 amide bonds. The van der Waals surface area contributed by atoms with E-state index in [9.17, 15) is 4.79 Å². The lowest BCUT2D eigenvalue weighted by Gasteiger charge is -2.19. The van der Waals surface area contributed by atoms with E-state index in [-0.39, 0.29) is 5.91 Å². The lowest BCUT2D eigenvalue weighted by molar-refractivity contribution is 0.102. The topological polar surface area (TPSA) is 58.1 Å². The molecule has 0 radical (unpaired) electrons. The average molecular weight is 363 g/mol. The molecule has 0 saturated carbocycles. The van der Waals surface area contributed by atoms with Gasteiger partial charge in [0.2, 0.25) is 0 Å². The summed E-state index contributed by atoms with van der Waals surface area (Å²) in [6, 6.07) is 7.39. The van der Waals surface area contributed by atoms with Crippen molar-refractivity contribution in [3.63, 3.8) is 0 Å². The van der Waals surface area contributed by atoms with Crippen LogP contribution in [0.2, 0.25) is 0 Å². The summed E-state index contributed by atoms with van der Waals surface area (Å²) in [6.45, 7) is 7.75. The fourth-order valence-electron chi connectivity index (χ4n) is 2.11. The summed E-state index contributed by atoms with van der Waals surface area (Å²) in [5.41, 5.74) is 2.16. The van der Waals surface area contributed by atoms with Gasteiger partial charge < -0.3 is 10.2 Å². The lowest BCUT2D eigenvalue weighted by atomic mass is 10.2. The summed E-state index contributed by atoms with van der Waals surface area (Å²) in [7, 11) is 0. The van der Waals surface area contributed by atoms with Crippen LogP contribution in [0.4, 0.5) is 11.5 Å². The number of nitrogens with one attached hydrogen (secondary N) is 1. The first-order chi connectivity index (χ1) is 10.5. The van der Waals surface area contributed by atoms with Gasteiger partial charge in [0.25, 0.3) is 5.91 Å². The SMILES string of the molecule is CCN(CC)c1cc(C(=O)Nc2ccc(Br)c(C)c2)ncn1. The minimum absolute atomic E-state index is 0.238. The number of carbonyl (C=O) groups excluding carboxylic acids is 1. The van der Waals surface area contributed by atoms with Crippen LogP contribution in [0.5, 0.6) is 0 Å². The Morgan fingerprint density at radius 1 is 1.23 bits per heavy atom. The Morgan fingerprint density at radius 3 is 2.59 bits per heavy atom. The van der Waals surface area contributed by atoms with Crippen LogP contribution in [0.25, 0.3) is 0 Å². The van der Waals surface area contributed by atoms with E-state index in [4.69, 9.17) is 0 Å². The quantitative estimate of drug-likeness (QED) is 0.881. The molecule has 1 heterocycles. The van der Waals surface area contributed by atoms with E-state index in [1.165, 1.54) is 6.33 Å². The predicted octanol–water partition coefficient (Wildman–Crippen LogP) is 3.65. The van der Waals surface area contributed by atoms with Gasteiger partial charge in [-0.05, 0) is 44.5 Å². The molecule has 0 aliphatic rings. The van der Waals surface area contributed by atoms with Crippen molar-refractivity contribution in [2.24, 2.45) is 0 Å². The van der Waals surface area contributed by atoms with Crippen LogP contribution in [0, 0.1) is 6.92 Å². The Bertz CT molecular complexity index is 671. The molecule has 0 aliphatic heterocycles. The van der Waals surface area contributed by atoms with Crippen molar-refractivity contribution >= 4 is 33.3 Å². The minimum Gasteiger partial charge on any atom is -0.357 e. The molecule has 0 bridgehead atoms. The molecule has 0 atom stereocenters. The van der Waals surface area contributed by atoms with Gasteiger partial charge >= 0.3 is 0 Å². The average Bonchev–Trinajstić information content (AvgIpc) is 2.52. The molecule has 2 aromatic rings. The largest absolute Gasteiger partial charge is 0.357 e. The molecule has 0 unspecified atom stereocenters. The third kappa shape index (κ3) is 3.82. The van der Waals surface area contributed by atoms with Crippen LogP contribution in [0.15, 0.2) is 35.1 Å². The fraction of sp³-hybridized carbons (Fsp3) is 0.312. The zero-order valence-corrected chi connectivity index (χ0v) is 14.5. The highest BCUT2D eigenvalue weighted by atomic mass is 79.9. The smallest absolute Gasteiger partial charge is 0.274 e. The molecular weight excluding hydrogens is 344 g/mol. The van der Waals surface area contributed by atoms with Crippen LogP contribution in [-0.4, -0.2) is 29.0 Å². The number of benzene rings is 1. The highest BCUT2D eigenvalue weighted by Gasteiger charge is 2.12. The number of aryl methyl sites for hydroxylation is 1. The van der Waals surface area contributed by atoms with Crippen molar-refractivity contribution in [1.82, 2.24) is 9.97 Å². The molecule has 22 heavy (non-hydrogen) atoms.